The Morgan fingerprint density at radius 1 is 1.56 bits per heavy atom. The number of aromatic amines is 1. The third-order valence-corrected chi connectivity index (χ3v) is 1.93. The summed E-state index contributed by atoms with van der Waals surface area (Å²) >= 11 is 0. The van der Waals surface area contributed by atoms with E-state index in [1.165, 1.54) is 17.2 Å². The van der Waals surface area contributed by atoms with Gasteiger partial charge in [0.2, 0.25) is 0 Å². The van der Waals surface area contributed by atoms with Gasteiger partial charge < -0.3 is 10.0 Å². The number of nitrogens with zero attached hydrogens (tertiary/aromatic N) is 2. The van der Waals surface area contributed by atoms with Gasteiger partial charge in [-0.2, -0.15) is 5.10 Å². The van der Waals surface area contributed by atoms with Crippen LogP contribution in [0.15, 0.2) is 12.3 Å². The van der Waals surface area contributed by atoms with Crippen LogP contribution in [0.25, 0.3) is 0 Å². The van der Waals surface area contributed by atoms with Crippen molar-refractivity contribution in [2.24, 2.45) is 5.92 Å². The normalized spacial score (nSPS) is 10.4. The van der Waals surface area contributed by atoms with Gasteiger partial charge in [-0.3, -0.25) is 14.7 Å². The van der Waals surface area contributed by atoms with Crippen molar-refractivity contribution >= 4 is 11.9 Å². The SMILES string of the molecule is CC(C)CN(CC(=O)O)C(=O)c1ccn[nH]1. The molecule has 0 aliphatic carbocycles. The lowest BCUT2D eigenvalue weighted by molar-refractivity contribution is -0.137. The molecule has 16 heavy (non-hydrogen) atoms. The largest absolute Gasteiger partial charge is 0.480 e. The van der Waals surface area contributed by atoms with E-state index in [2.05, 4.69) is 10.2 Å². The van der Waals surface area contributed by atoms with Crippen LogP contribution in [-0.4, -0.2) is 45.2 Å². The molecule has 6 heteroatoms. The van der Waals surface area contributed by atoms with E-state index in [-0.39, 0.29) is 18.4 Å². The number of carboxylic acids is 1. The van der Waals surface area contributed by atoms with E-state index < -0.39 is 5.97 Å². The summed E-state index contributed by atoms with van der Waals surface area (Å²) in [6.45, 7) is 3.96. The van der Waals surface area contributed by atoms with Crippen LogP contribution >= 0.6 is 0 Å². The molecule has 1 aromatic rings. The zero-order chi connectivity index (χ0) is 12.1. The molecule has 1 amide bonds. The minimum Gasteiger partial charge on any atom is -0.480 e. The summed E-state index contributed by atoms with van der Waals surface area (Å²) in [5.41, 5.74) is 0.307. The van der Waals surface area contributed by atoms with Crippen LogP contribution in [0.1, 0.15) is 24.3 Å². The van der Waals surface area contributed by atoms with E-state index in [9.17, 15) is 9.59 Å². The molecular weight excluding hydrogens is 210 g/mol. The third kappa shape index (κ3) is 3.38. The quantitative estimate of drug-likeness (QED) is 0.768. The molecule has 0 aliphatic heterocycles. The molecule has 0 aliphatic rings. The van der Waals surface area contributed by atoms with Crippen molar-refractivity contribution in [2.45, 2.75) is 13.8 Å². The summed E-state index contributed by atoms with van der Waals surface area (Å²) in [6, 6.07) is 1.53. The van der Waals surface area contributed by atoms with Crippen molar-refractivity contribution in [1.29, 1.82) is 0 Å². The minimum atomic E-state index is -1.02. The maximum atomic E-state index is 11.9. The second kappa shape index (κ2) is 5.29. The number of carbonyl (C=O) groups is 2. The number of hydrogen-bond acceptors (Lipinski definition) is 3. The smallest absolute Gasteiger partial charge is 0.323 e. The fourth-order valence-corrected chi connectivity index (χ4v) is 1.37. The third-order valence-electron chi connectivity index (χ3n) is 1.93. The van der Waals surface area contributed by atoms with Gasteiger partial charge in [0.25, 0.3) is 5.91 Å². The van der Waals surface area contributed by atoms with Crippen LogP contribution in [0.3, 0.4) is 0 Å². The summed E-state index contributed by atoms with van der Waals surface area (Å²) in [5.74, 6) is -1.15. The number of H-pyrrole nitrogens is 1. The highest BCUT2D eigenvalue weighted by atomic mass is 16.4. The predicted octanol–water partition coefficient (Wildman–Crippen LogP) is 0.592. The van der Waals surface area contributed by atoms with Crippen LogP contribution in [0.4, 0.5) is 0 Å². The first-order chi connectivity index (χ1) is 7.50. The van der Waals surface area contributed by atoms with E-state index in [0.29, 0.717) is 12.2 Å². The fourth-order valence-electron chi connectivity index (χ4n) is 1.37. The zero-order valence-electron chi connectivity index (χ0n) is 9.30. The number of hydrogen-bond donors (Lipinski definition) is 2. The van der Waals surface area contributed by atoms with Gasteiger partial charge in [0.05, 0.1) is 0 Å². The summed E-state index contributed by atoms with van der Waals surface area (Å²) in [4.78, 5) is 23.8. The average molecular weight is 225 g/mol. The lowest BCUT2D eigenvalue weighted by atomic mass is 10.2. The summed E-state index contributed by atoms with van der Waals surface area (Å²) < 4.78 is 0. The van der Waals surface area contributed by atoms with E-state index in [0.717, 1.165) is 0 Å². The molecule has 0 fully saturated rings. The van der Waals surface area contributed by atoms with Crippen LogP contribution < -0.4 is 0 Å². The highest BCUT2D eigenvalue weighted by molar-refractivity contribution is 5.94. The second-order valence-electron chi connectivity index (χ2n) is 3.94. The molecule has 0 radical (unpaired) electrons. The lowest BCUT2D eigenvalue weighted by Gasteiger charge is -2.21. The Morgan fingerprint density at radius 2 is 2.25 bits per heavy atom. The molecule has 0 atom stereocenters. The molecular formula is C10H15N3O3. The van der Waals surface area contributed by atoms with Crippen molar-refractivity contribution in [3.63, 3.8) is 0 Å². The molecule has 6 nitrogen and oxygen atoms in total. The number of nitrogens with one attached hydrogen (secondary N) is 1. The first kappa shape index (κ1) is 12.2. The van der Waals surface area contributed by atoms with Gasteiger partial charge in [-0.25, -0.2) is 0 Å². The van der Waals surface area contributed by atoms with Gasteiger partial charge in [-0.05, 0) is 12.0 Å². The number of rotatable bonds is 5. The average Bonchev–Trinajstić information content (AvgIpc) is 2.66. The maximum absolute atomic E-state index is 11.9. The van der Waals surface area contributed by atoms with Crippen LogP contribution in [0.5, 0.6) is 0 Å². The molecule has 1 aromatic heterocycles. The Labute approximate surface area is 93.3 Å². The topological polar surface area (TPSA) is 86.3 Å². The maximum Gasteiger partial charge on any atom is 0.323 e. The number of aromatic nitrogens is 2. The Kier molecular flexibility index (Phi) is 4.04. The molecule has 1 rings (SSSR count). The number of carboxylic acid groups (broad SMARTS) is 1. The molecule has 0 saturated carbocycles. The molecule has 0 bridgehead atoms. The van der Waals surface area contributed by atoms with E-state index >= 15 is 0 Å². The van der Waals surface area contributed by atoms with Crippen LogP contribution in [0, 0.1) is 5.92 Å². The highest BCUT2D eigenvalue weighted by Gasteiger charge is 2.20. The van der Waals surface area contributed by atoms with Crippen LogP contribution in [0.2, 0.25) is 0 Å². The van der Waals surface area contributed by atoms with Gasteiger partial charge in [0.15, 0.2) is 0 Å². The van der Waals surface area contributed by atoms with Crippen molar-refractivity contribution < 1.29 is 14.7 Å². The highest BCUT2D eigenvalue weighted by Crippen LogP contribution is 2.04. The van der Waals surface area contributed by atoms with E-state index in [1.54, 1.807) is 0 Å². The van der Waals surface area contributed by atoms with Crippen molar-refractivity contribution in [3.8, 4) is 0 Å². The fraction of sp³-hybridized carbons (Fsp3) is 0.500. The molecule has 0 spiro atoms. The van der Waals surface area contributed by atoms with Crippen molar-refractivity contribution in [2.75, 3.05) is 13.1 Å². The predicted molar refractivity (Wildman–Crippen MR) is 57.0 cm³/mol. The monoisotopic (exact) mass is 225 g/mol. The van der Waals surface area contributed by atoms with Crippen molar-refractivity contribution in [1.82, 2.24) is 15.1 Å². The number of carbonyl (C=O) groups excluding carboxylic acids is 1. The summed E-state index contributed by atoms with van der Waals surface area (Å²) in [6.07, 6.45) is 1.46. The molecule has 2 N–H and O–H groups in total. The van der Waals surface area contributed by atoms with Gasteiger partial charge in [-0.1, -0.05) is 13.8 Å². The van der Waals surface area contributed by atoms with Gasteiger partial charge in [0.1, 0.15) is 12.2 Å². The zero-order valence-corrected chi connectivity index (χ0v) is 9.30. The van der Waals surface area contributed by atoms with Crippen molar-refractivity contribution in [3.05, 3.63) is 18.0 Å². The molecule has 1 heterocycles. The number of aliphatic carboxylic acids is 1. The minimum absolute atomic E-state index is 0.214. The Morgan fingerprint density at radius 3 is 2.69 bits per heavy atom. The van der Waals surface area contributed by atoms with Gasteiger partial charge >= 0.3 is 5.97 Å². The van der Waals surface area contributed by atoms with Crippen LogP contribution in [-0.2, 0) is 4.79 Å². The van der Waals surface area contributed by atoms with E-state index in [4.69, 9.17) is 5.11 Å². The Bertz CT molecular complexity index is 359. The van der Waals surface area contributed by atoms with Gasteiger partial charge in [0, 0.05) is 12.7 Å². The Hall–Kier alpha value is -1.85. The molecule has 0 aromatic carbocycles. The summed E-state index contributed by atoms with van der Waals surface area (Å²) in [7, 11) is 0. The lowest BCUT2D eigenvalue weighted by Crippen LogP contribution is -2.38. The van der Waals surface area contributed by atoms with Gasteiger partial charge in [-0.15, -0.1) is 0 Å². The molecule has 0 saturated heterocycles. The second-order valence-corrected chi connectivity index (χ2v) is 3.94. The number of amides is 1. The Balaban J connectivity index is 2.75. The standard InChI is InChI=1S/C10H15N3O3/c1-7(2)5-13(6-9(14)15)10(16)8-3-4-11-12-8/h3-4,7H,5-6H2,1-2H3,(H,11,12)(H,14,15). The first-order valence-corrected chi connectivity index (χ1v) is 5.01. The van der Waals surface area contributed by atoms with E-state index in [1.807, 2.05) is 13.8 Å². The summed E-state index contributed by atoms with van der Waals surface area (Å²) in [5, 5.41) is 14.9. The first-order valence-electron chi connectivity index (χ1n) is 5.01. The molecule has 0 unspecified atom stereocenters. The molecule has 88 valence electrons.